The summed E-state index contributed by atoms with van der Waals surface area (Å²) in [6.07, 6.45) is 4.97. The third-order valence-corrected chi connectivity index (χ3v) is 5.11. The fourth-order valence-corrected chi connectivity index (χ4v) is 3.63. The van der Waals surface area contributed by atoms with Gasteiger partial charge in [-0.1, -0.05) is 12.1 Å². The molecule has 0 saturated carbocycles. The van der Waals surface area contributed by atoms with Gasteiger partial charge in [0.25, 0.3) is 5.91 Å². The van der Waals surface area contributed by atoms with Gasteiger partial charge in [-0.05, 0) is 55.0 Å². The van der Waals surface area contributed by atoms with E-state index in [4.69, 9.17) is 0 Å². The number of carbonyl (C=O) groups is 1. The highest BCUT2D eigenvalue weighted by Gasteiger charge is 2.34. The maximum absolute atomic E-state index is 13.4. The zero-order valence-corrected chi connectivity index (χ0v) is 17.0. The van der Waals surface area contributed by atoms with E-state index >= 15 is 0 Å². The lowest BCUT2D eigenvalue weighted by Gasteiger charge is -2.28. The monoisotopic (exact) mass is 427 g/mol. The number of nitrogens with zero attached hydrogens (tertiary/aromatic N) is 5. The molecule has 1 aliphatic rings. The quantitative estimate of drug-likeness (QED) is 0.514. The Bertz CT molecular complexity index is 1300. The van der Waals surface area contributed by atoms with Crippen LogP contribution in [0.3, 0.4) is 0 Å². The van der Waals surface area contributed by atoms with Gasteiger partial charge in [-0.25, -0.2) is 14.1 Å². The molecule has 3 aromatic heterocycles. The van der Waals surface area contributed by atoms with Crippen LogP contribution in [0.1, 0.15) is 18.5 Å². The number of hydrogen-bond donors (Lipinski definition) is 2. The highest BCUT2D eigenvalue weighted by Crippen LogP contribution is 2.36. The lowest BCUT2D eigenvalue weighted by Crippen LogP contribution is -2.31. The summed E-state index contributed by atoms with van der Waals surface area (Å²) in [7, 11) is 0. The second-order valence-electron chi connectivity index (χ2n) is 7.23. The second kappa shape index (κ2) is 8.03. The van der Waals surface area contributed by atoms with Crippen molar-refractivity contribution in [3.8, 4) is 11.4 Å². The van der Waals surface area contributed by atoms with Gasteiger partial charge in [0, 0.05) is 29.9 Å². The molecule has 2 N–H and O–H groups in total. The van der Waals surface area contributed by atoms with E-state index in [1.54, 1.807) is 59.7 Å². The first-order chi connectivity index (χ1) is 15.6. The van der Waals surface area contributed by atoms with Gasteiger partial charge in [-0.15, -0.1) is 5.10 Å². The summed E-state index contributed by atoms with van der Waals surface area (Å²) >= 11 is 0. The van der Waals surface area contributed by atoms with E-state index in [0.717, 1.165) is 5.56 Å². The summed E-state index contributed by atoms with van der Waals surface area (Å²) in [6.45, 7) is 1.81. The third kappa shape index (κ3) is 3.60. The SMILES string of the molecule is CC1=C(C(=O)Nc2ccccn2)C(c2cccnc2)n2nc(-c3ccc(F)cc3)nc2N1. The lowest BCUT2D eigenvalue weighted by molar-refractivity contribution is -0.113. The van der Waals surface area contributed by atoms with Crippen molar-refractivity contribution in [1.29, 1.82) is 0 Å². The van der Waals surface area contributed by atoms with Crippen LogP contribution in [-0.4, -0.2) is 30.6 Å². The molecule has 0 spiro atoms. The Balaban J connectivity index is 1.59. The van der Waals surface area contributed by atoms with Crippen molar-refractivity contribution >= 4 is 17.7 Å². The molecular formula is C23H18FN7O. The lowest BCUT2D eigenvalue weighted by atomic mass is 9.96. The molecule has 8 nitrogen and oxygen atoms in total. The molecule has 0 bridgehead atoms. The number of nitrogens with one attached hydrogen (secondary N) is 2. The van der Waals surface area contributed by atoms with Crippen molar-refractivity contribution in [2.24, 2.45) is 0 Å². The second-order valence-corrected chi connectivity index (χ2v) is 7.23. The molecule has 32 heavy (non-hydrogen) atoms. The van der Waals surface area contributed by atoms with E-state index in [2.05, 4.69) is 30.7 Å². The number of amides is 1. The number of benzene rings is 1. The Hall–Kier alpha value is -4.40. The van der Waals surface area contributed by atoms with Crippen LogP contribution < -0.4 is 10.6 Å². The van der Waals surface area contributed by atoms with Crippen LogP contribution in [0.2, 0.25) is 0 Å². The van der Waals surface area contributed by atoms with E-state index in [-0.39, 0.29) is 11.7 Å². The van der Waals surface area contributed by atoms with Gasteiger partial charge in [0.05, 0.1) is 5.57 Å². The number of allylic oxidation sites excluding steroid dienone is 1. The summed E-state index contributed by atoms with van der Waals surface area (Å²) in [4.78, 5) is 26.3. The van der Waals surface area contributed by atoms with Crippen molar-refractivity contribution < 1.29 is 9.18 Å². The van der Waals surface area contributed by atoms with Crippen molar-refractivity contribution in [3.63, 3.8) is 0 Å². The van der Waals surface area contributed by atoms with E-state index in [9.17, 15) is 9.18 Å². The molecule has 0 radical (unpaired) electrons. The average molecular weight is 427 g/mol. The summed E-state index contributed by atoms with van der Waals surface area (Å²) in [5.41, 5.74) is 2.54. The third-order valence-electron chi connectivity index (χ3n) is 5.11. The van der Waals surface area contributed by atoms with Crippen LogP contribution >= 0.6 is 0 Å². The van der Waals surface area contributed by atoms with Crippen LogP contribution in [0.5, 0.6) is 0 Å². The van der Waals surface area contributed by atoms with E-state index in [1.807, 2.05) is 13.0 Å². The molecule has 5 rings (SSSR count). The molecule has 4 aromatic rings. The van der Waals surface area contributed by atoms with Crippen molar-refractivity contribution in [1.82, 2.24) is 24.7 Å². The number of hydrogen-bond acceptors (Lipinski definition) is 6. The van der Waals surface area contributed by atoms with Crippen LogP contribution in [0.15, 0.2) is 84.5 Å². The molecule has 4 heterocycles. The number of pyridine rings is 2. The molecule has 1 atom stereocenters. The highest BCUT2D eigenvalue weighted by molar-refractivity contribution is 6.05. The Labute approximate surface area is 182 Å². The number of rotatable bonds is 4. The summed E-state index contributed by atoms with van der Waals surface area (Å²) < 4.78 is 15.0. The van der Waals surface area contributed by atoms with Gasteiger partial charge in [0.1, 0.15) is 17.7 Å². The first kappa shape index (κ1) is 19.6. The number of halogens is 1. The smallest absolute Gasteiger partial charge is 0.257 e. The Morgan fingerprint density at radius 1 is 1.09 bits per heavy atom. The van der Waals surface area contributed by atoms with Gasteiger partial charge in [-0.2, -0.15) is 4.98 Å². The van der Waals surface area contributed by atoms with Gasteiger partial charge in [-0.3, -0.25) is 9.78 Å². The minimum Gasteiger partial charge on any atom is -0.328 e. The number of fused-ring (bicyclic) bond motifs is 1. The standard InChI is InChI=1S/C23H18FN7O/c1-14-19(22(32)28-18-6-2-3-12-26-18)20(16-5-4-11-25-13-16)31-23(27-14)29-21(30-31)15-7-9-17(24)10-8-15/h2-13,20H,1H3,(H,26,28,32)(H,27,29,30). The van der Waals surface area contributed by atoms with Crippen molar-refractivity contribution in [3.05, 3.63) is 95.8 Å². The van der Waals surface area contributed by atoms with Gasteiger partial charge in [0.15, 0.2) is 5.82 Å². The molecule has 0 saturated heterocycles. The highest BCUT2D eigenvalue weighted by atomic mass is 19.1. The molecule has 1 aromatic carbocycles. The predicted molar refractivity (Wildman–Crippen MR) is 117 cm³/mol. The van der Waals surface area contributed by atoms with E-state index in [1.165, 1.54) is 12.1 Å². The largest absolute Gasteiger partial charge is 0.328 e. The molecule has 0 aliphatic carbocycles. The zero-order valence-electron chi connectivity index (χ0n) is 17.0. The molecule has 9 heteroatoms. The molecular weight excluding hydrogens is 409 g/mol. The van der Waals surface area contributed by atoms with Crippen LogP contribution in [0.25, 0.3) is 11.4 Å². The Morgan fingerprint density at radius 2 is 1.94 bits per heavy atom. The van der Waals surface area contributed by atoms with Gasteiger partial charge < -0.3 is 10.6 Å². The van der Waals surface area contributed by atoms with Crippen LogP contribution in [0.4, 0.5) is 16.2 Å². The summed E-state index contributed by atoms with van der Waals surface area (Å²) in [5, 5.41) is 10.7. The summed E-state index contributed by atoms with van der Waals surface area (Å²) in [5.74, 6) is 0.687. The number of anilines is 2. The van der Waals surface area contributed by atoms with Gasteiger partial charge >= 0.3 is 0 Å². The zero-order chi connectivity index (χ0) is 22.1. The van der Waals surface area contributed by atoms with Crippen LogP contribution in [-0.2, 0) is 4.79 Å². The van der Waals surface area contributed by atoms with E-state index in [0.29, 0.717) is 34.4 Å². The maximum Gasteiger partial charge on any atom is 0.257 e. The fraction of sp³-hybridized carbons (Fsp3) is 0.0870. The minimum atomic E-state index is -0.564. The Kier molecular flexibility index (Phi) is 4.91. The fourth-order valence-electron chi connectivity index (χ4n) is 3.63. The Morgan fingerprint density at radius 3 is 2.66 bits per heavy atom. The molecule has 1 unspecified atom stereocenters. The van der Waals surface area contributed by atoms with E-state index < -0.39 is 6.04 Å². The molecule has 1 amide bonds. The number of aromatic nitrogens is 5. The summed E-state index contributed by atoms with van der Waals surface area (Å²) in [6, 6.07) is 14.4. The first-order valence-electron chi connectivity index (χ1n) is 9.93. The number of carbonyl (C=O) groups excluding carboxylic acids is 1. The maximum atomic E-state index is 13.4. The van der Waals surface area contributed by atoms with Crippen molar-refractivity contribution in [2.75, 3.05) is 10.6 Å². The minimum absolute atomic E-state index is 0.313. The molecule has 1 aliphatic heterocycles. The van der Waals surface area contributed by atoms with Gasteiger partial charge in [0.2, 0.25) is 5.95 Å². The average Bonchev–Trinajstić information content (AvgIpc) is 3.23. The van der Waals surface area contributed by atoms with Crippen molar-refractivity contribution in [2.45, 2.75) is 13.0 Å². The molecule has 0 fully saturated rings. The topological polar surface area (TPSA) is 97.6 Å². The normalized spacial score (nSPS) is 15.1. The predicted octanol–water partition coefficient (Wildman–Crippen LogP) is 3.80. The van der Waals surface area contributed by atoms with Crippen LogP contribution in [0, 0.1) is 5.82 Å². The first-order valence-corrected chi connectivity index (χ1v) is 9.93. The molecule has 158 valence electrons.